The van der Waals surface area contributed by atoms with Crippen LogP contribution in [0.5, 0.6) is 0 Å². The van der Waals surface area contributed by atoms with E-state index in [1.807, 2.05) is 18.2 Å². The van der Waals surface area contributed by atoms with E-state index >= 15 is 0 Å². The lowest BCUT2D eigenvalue weighted by Gasteiger charge is -2.19. The van der Waals surface area contributed by atoms with Crippen molar-refractivity contribution in [2.45, 2.75) is 25.8 Å². The van der Waals surface area contributed by atoms with Gasteiger partial charge in [0.2, 0.25) is 0 Å². The molecule has 20 heavy (non-hydrogen) atoms. The van der Waals surface area contributed by atoms with Crippen molar-refractivity contribution < 1.29 is 0 Å². The normalized spacial score (nSPS) is 12.3. The highest BCUT2D eigenvalue weighted by molar-refractivity contribution is 6.31. The Morgan fingerprint density at radius 3 is 2.75 bits per heavy atom. The number of pyridine rings is 2. The van der Waals surface area contributed by atoms with Crippen LogP contribution in [0.2, 0.25) is 10.0 Å². The number of hydrogen-bond acceptors (Lipinski definition) is 3. The summed E-state index contributed by atoms with van der Waals surface area (Å²) in [5.41, 5.74) is 1.90. The molecule has 0 aliphatic rings. The molecule has 2 rings (SSSR count). The lowest BCUT2D eigenvalue weighted by molar-refractivity contribution is 0.518. The van der Waals surface area contributed by atoms with Gasteiger partial charge in [0.05, 0.1) is 21.8 Å². The van der Waals surface area contributed by atoms with E-state index in [9.17, 15) is 0 Å². The van der Waals surface area contributed by atoms with Gasteiger partial charge in [0.15, 0.2) is 0 Å². The van der Waals surface area contributed by atoms with Gasteiger partial charge in [-0.15, -0.1) is 0 Å². The topological polar surface area (TPSA) is 37.8 Å². The summed E-state index contributed by atoms with van der Waals surface area (Å²) < 4.78 is 0. The van der Waals surface area contributed by atoms with Gasteiger partial charge in [0.1, 0.15) is 0 Å². The number of halogens is 2. The monoisotopic (exact) mass is 309 g/mol. The zero-order chi connectivity index (χ0) is 14.4. The molecule has 106 valence electrons. The fourth-order valence-corrected chi connectivity index (χ4v) is 2.48. The molecule has 1 N–H and O–H groups in total. The second-order valence-corrected chi connectivity index (χ2v) is 5.36. The third-order valence-corrected chi connectivity index (χ3v) is 3.70. The molecule has 0 fully saturated rings. The highest BCUT2D eigenvalue weighted by Crippen LogP contribution is 2.26. The quantitative estimate of drug-likeness (QED) is 0.874. The fraction of sp³-hybridized carbons (Fsp3) is 0.333. The summed E-state index contributed by atoms with van der Waals surface area (Å²) >= 11 is 12.4. The first-order valence-electron chi connectivity index (χ1n) is 6.64. The summed E-state index contributed by atoms with van der Waals surface area (Å²) in [7, 11) is 0. The van der Waals surface area contributed by atoms with Gasteiger partial charge in [-0.25, -0.2) is 0 Å². The first-order chi connectivity index (χ1) is 9.72. The molecule has 5 heteroatoms. The Hall–Kier alpha value is -1.16. The van der Waals surface area contributed by atoms with E-state index in [0.717, 1.165) is 30.6 Å². The van der Waals surface area contributed by atoms with Gasteiger partial charge in [-0.2, -0.15) is 0 Å². The van der Waals surface area contributed by atoms with Gasteiger partial charge >= 0.3 is 0 Å². The Balaban J connectivity index is 2.24. The Morgan fingerprint density at radius 2 is 2.05 bits per heavy atom. The van der Waals surface area contributed by atoms with E-state index in [0.29, 0.717) is 10.0 Å². The van der Waals surface area contributed by atoms with E-state index in [1.165, 1.54) is 0 Å². The number of aromatic nitrogens is 2. The smallest absolute Gasteiger partial charge is 0.0762 e. The Bertz CT molecular complexity index is 560. The molecule has 0 amide bonds. The molecule has 1 unspecified atom stereocenters. The van der Waals surface area contributed by atoms with Crippen LogP contribution in [0.15, 0.2) is 36.8 Å². The molecule has 1 atom stereocenters. The van der Waals surface area contributed by atoms with Gasteiger partial charge in [0.25, 0.3) is 0 Å². The molecule has 3 nitrogen and oxygen atoms in total. The van der Waals surface area contributed by atoms with Crippen LogP contribution >= 0.6 is 23.2 Å². The van der Waals surface area contributed by atoms with Crippen molar-refractivity contribution in [2.24, 2.45) is 0 Å². The van der Waals surface area contributed by atoms with Crippen LogP contribution in [-0.2, 0) is 6.42 Å². The number of hydrogen-bond donors (Lipinski definition) is 1. The minimum absolute atomic E-state index is 0.0450. The van der Waals surface area contributed by atoms with Gasteiger partial charge in [-0.05, 0) is 43.1 Å². The van der Waals surface area contributed by atoms with Crippen LogP contribution in [0.3, 0.4) is 0 Å². The molecule has 0 bridgehead atoms. The molecule has 0 aliphatic heterocycles. The number of nitrogens with zero attached hydrogens (tertiary/aromatic N) is 2. The second kappa shape index (κ2) is 7.58. The molecule has 2 aromatic heterocycles. The van der Waals surface area contributed by atoms with E-state index in [-0.39, 0.29) is 6.04 Å². The van der Waals surface area contributed by atoms with Crippen molar-refractivity contribution >= 4 is 23.2 Å². The maximum Gasteiger partial charge on any atom is 0.0762 e. The first kappa shape index (κ1) is 15.2. The predicted octanol–water partition coefficient (Wildman–Crippen LogP) is 4.07. The number of nitrogens with one attached hydrogen (secondary N) is 1. The molecule has 2 aromatic rings. The first-order valence-corrected chi connectivity index (χ1v) is 7.40. The summed E-state index contributed by atoms with van der Waals surface area (Å²) in [5, 5.41) is 4.82. The van der Waals surface area contributed by atoms with Crippen molar-refractivity contribution in [3.8, 4) is 0 Å². The summed E-state index contributed by atoms with van der Waals surface area (Å²) in [5.74, 6) is 0. The van der Waals surface area contributed by atoms with Gasteiger partial charge in [0, 0.05) is 18.6 Å². The van der Waals surface area contributed by atoms with Crippen molar-refractivity contribution in [2.75, 3.05) is 6.54 Å². The van der Waals surface area contributed by atoms with Crippen LogP contribution in [-0.4, -0.2) is 16.5 Å². The van der Waals surface area contributed by atoms with Crippen molar-refractivity contribution in [3.63, 3.8) is 0 Å². The maximum absolute atomic E-state index is 6.26. The average molecular weight is 310 g/mol. The van der Waals surface area contributed by atoms with E-state index in [1.54, 1.807) is 18.6 Å². The SMILES string of the molecule is CCCNC(Cc1ccncc1Cl)c1ncccc1Cl. The maximum atomic E-state index is 6.26. The zero-order valence-corrected chi connectivity index (χ0v) is 12.8. The molecule has 0 saturated carbocycles. The molecular formula is C15H17Cl2N3. The highest BCUT2D eigenvalue weighted by Gasteiger charge is 2.17. The van der Waals surface area contributed by atoms with Gasteiger partial charge < -0.3 is 5.32 Å². The lowest BCUT2D eigenvalue weighted by atomic mass is 10.0. The fourth-order valence-electron chi connectivity index (χ4n) is 2.03. The summed E-state index contributed by atoms with van der Waals surface area (Å²) in [6.45, 7) is 3.03. The van der Waals surface area contributed by atoms with E-state index in [2.05, 4.69) is 22.2 Å². The molecule has 0 aliphatic carbocycles. The van der Waals surface area contributed by atoms with Crippen molar-refractivity contribution in [1.29, 1.82) is 0 Å². The lowest BCUT2D eigenvalue weighted by Crippen LogP contribution is -2.25. The standard InChI is InChI=1S/C15H17Cl2N3/c1-2-6-19-14(15-12(16)4-3-7-20-15)9-11-5-8-18-10-13(11)17/h3-5,7-8,10,14,19H,2,6,9H2,1H3. The minimum atomic E-state index is 0.0450. The molecular weight excluding hydrogens is 293 g/mol. The van der Waals surface area contributed by atoms with Crippen molar-refractivity contribution in [3.05, 3.63) is 58.1 Å². The molecule has 0 aromatic carbocycles. The summed E-state index contributed by atoms with van der Waals surface area (Å²) in [6.07, 6.45) is 6.95. The van der Waals surface area contributed by atoms with Gasteiger partial charge in [-0.1, -0.05) is 30.1 Å². The van der Waals surface area contributed by atoms with E-state index < -0.39 is 0 Å². The van der Waals surface area contributed by atoms with Gasteiger partial charge in [-0.3, -0.25) is 9.97 Å². The Labute approximate surface area is 129 Å². The number of rotatable bonds is 6. The van der Waals surface area contributed by atoms with Crippen LogP contribution in [0.1, 0.15) is 30.6 Å². The van der Waals surface area contributed by atoms with Crippen LogP contribution in [0.4, 0.5) is 0 Å². The summed E-state index contributed by atoms with van der Waals surface area (Å²) in [6, 6.07) is 5.67. The largest absolute Gasteiger partial charge is 0.308 e. The third kappa shape index (κ3) is 3.92. The predicted molar refractivity (Wildman–Crippen MR) is 83.2 cm³/mol. The third-order valence-electron chi connectivity index (χ3n) is 3.04. The summed E-state index contributed by atoms with van der Waals surface area (Å²) in [4.78, 5) is 8.41. The molecule has 0 spiro atoms. The highest BCUT2D eigenvalue weighted by atomic mass is 35.5. The minimum Gasteiger partial charge on any atom is -0.308 e. The Kier molecular flexibility index (Phi) is 5.77. The molecule has 0 saturated heterocycles. The van der Waals surface area contributed by atoms with Crippen LogP contribution in [0.25, 0.3) is 0 Å². The Morgan fingerprint density at radius 1 is 1.20 bits per heavy atom. The van der Waals surface area contributed by atoms with Crippen LogP contribution in [0, 0.1) is 0 Å². The van der Waals surface area contributed by atoms with E-state index in [4.69, 9.17) is 23.2 Å². The average Bonchev–Trinajstić information content (AvgIpc) is 2.46. The van der Waals surface area contributed by atoms with Crippen LogP contribution < -0.4 is 5.32 Å². The molecule has 0 radical (unpaired) electrons. The zero-order valence-electron chi connectivity index (χ0n) is 11.3. The molecule has 2 heterocycles. The van der Waals surface area contributed by atoms with Crippen molar-refractivity contribution in [1.82, 2.24) is 15.3 Å². The second-order valence-electron chi connectivity index (χ2n) is 4.55.